The van der Waals surface area contributed by atoms with Crippen LogP contribution in [-0.2, 0) is 10.5 Å². The molecule has 0 aromatic heterocycles. The molecule has 0 aliphatic carbocycles. The lowest BCUT2D eigenvalue weighted by atomic mass is 10.2. The van der Waals surface area contributed by atoms with E-state index in [1.54, 1.807) is 0 Å². The second-order valence-electron chi connectivity index (χ2n) is 4.57. The summed E-state index contributed by atoms with van der Waals surface area (Å²) in [7, 11) is 1.50. The van der Waals surface area contributed by atoms with Gasteiger partial charge in [0.2, 0.25) is 0 Å². The summed E-state index contributed by atoms with van der Waals surface area (Å²) in [5.74, 6) is 0.996. The van der Waals surface area contributed by atoms with Crippen molar-refractivity contribution >= 4 is 18.0 Å². The van der Waals surface area contributed by atoms with Gasteiger partial charge in [0.25, 0.3) is 0 Å². The highest BCUT2D eigenvalue weighted by molar-refractivity contribution is 7.99. The van der Waals surface area contributed by atoms with Crippen molar-refractivity contribution in [2.75, 3.05) is 13.6 Å². The molecule has 1 atom stereocenters. The zero-order valence-corrected chi connectivity index (χ0v) is 17.9. The van der Waals surface area contributed by atoms with Crippen molar-refractivity contribution < 1.29 is 4.79 Å². The van der Waals surface area contributed by atoms with E-state index in [0.29, 0.717) is 11.7 Å². The first kappa shape index (κ1) is 29.2. The minimum Gasteiger partial charge on any atom is -0.333 e. The molecule has 0 heterocycles. The Balaban J connectivity index is -0.000000338. The molecule has 0 radical (unpaired) electrons. The number of hydrogen-bond acceptors (Lipinski definition) is 4. The normalized spacial score (nSPS) is 9.19. The Labute approximate surface area is 165 Å². The van der Waals surface area contributed by atoms with Crippen molar-refractivity contribution in [1.82, 2.24) is 0 Å². The molecule has 26 heavy (non-hydrogen) atoms. The van der Waals surface area contributed by atoms with Gasteiger partial charge < -0.3 is 16.3 Å². The summed E-state index contributed by atoms with van der Waals surface area (Å²) >= 11 is 1.82. The van der Waals surface area contributed by atoms with Gasteiger partial charge in [-0.25, -0.2) is 0 Å². The molecule has 2 rings (SSSR count). The molecule has 0 fully saturated rings. The number of rotatable bonds is 5. The molecule has 4 heteroatoms. The van der Waals surface area contributed by atoms with Gasteiger partial charge in [0.1, 0.15) is 6.29 Å². The van der Waals surface area contributed by atoms with E-state index < -0.39 is 0 Å². The first-order valence-electron chi connectivity index (χ1n) is 9.11. The number of carbonyl (C=O) groups is 1. The van der Waals surface area contributed by atoms with Crippen molar-refractivity contribution in [3.63, 3.8) is 0 Å². The van der Waals surface area contributed by atoms with Crippen LogP contribution in [0.2, 0.25) is 0 Å². The number of carbonyl (C=O) groups excluding carboxylic acids is 1. The molecule has 0 spiro atoms. The molecular weight excluding hydrogens is 340 g/mol. The fraction of sp³-hybridized carbons (Fsp3) is 0.409. The molecule has 0 bridgehead atoms. The lowest BCUT2D eigenvalue weighted by Crippen LogP contribution is -1.96. The molecular formula is C22H38N2OS. The summed E-state index contributed by atoms with van der Waals surface area (Å²) < 4.78 is 0. The SMILES string of the molecule is CC.CC(CC=O)SCc1ccccc1.CCN.CN.c1ccccc1. The molecule has 3 nitrogen and oxygen atoms in total. The first-order chi connectivity index (χ1) is 12.7. The van der Waals surface area contributed by atoms with Crippen molar-refractivity contribution in [3.8, 4) is 0 Å². The summed E-state index contributed by atoms with van der Waals surface area (Å²) in [6.45, 7) is 8.74. The number of aldehydes is 1. The maximum Gasteiger partial charge on any atom is 0.121 e. The maximum absolute atomic E-state index is 10.2. The molecule has 0 saturated heterocycles. The monoisotopic (exact) mass is 378 g/mol. The van der Waals surface area contributed by atoms with E-state index in [2.05, 4.69) is 24.8 Å². The summed E-state index contributed by atoms with van der Waals surface area (Å²) in [6, 6.07) is 22.3. The number of benzene rings is 2. The Bertz CT molecular complexity index is 426. The third-order valence-electron chi connectivity index (χ3n) is 2.47. The van der Waals surface area contributed by atoms with E-state index in [9.17, 15) is 4.79 Å². The van der Waals surface area contributed by atoms with Crippen LogP contribution in [0.25, 0.3) is 0 Å². The summed E-state index contributed by atoms with van der Waals surface area (Å²) in [6.07, 6.45) is 1.64. The zero-order chi connectivity index (χ0) is 20.5. The second kappa shape index (κ2) is 28.2. The summed E-state index contributed by atoms with van der Waals surface area (Å²) in [5, 5.41) is 0.428. The Kier molecular flexibility index (Phi) is 31.6. The van der Waals surface area contributed by atoms with Gasteiger partial charge in [-0.1, -0.05) is 94.4 Å². The van der Waals surface area contributed by atoms with E-state index in [4.69, 9.17) is 5.73 Å². The van der Waals surface area contributed by atoms with Crippen LogP contribution in [0.5, 0.6) is 0 Å². The molecule has 2 aromatic carbocycles. The van der Waals surface area contributed by atoms with Gasteiger partial charge >= 0.3 is 0 Å². The Hall–Kier alpha value is -1.62. The summed E-state index contributed by atoms with van der Waals surface area (Å²) in [5.41, 5.74) is 10.7. The van der Waals surface area contributed by atoms with Crippen LogP contribution in [0.1, 0.15) is 39.7 Å². The van der Waals surface area contributed by atoms with Crippen LogP contribution in [0.4, 0.5) is 0 Å². The standard InChI is InChI=1S/C11H14OS.C6H6.C2H7N.C2H6.CH5N/c1-10(7-8-12)13-9-11-5-3-2-4-6-11;1-2-4-6-5-3-1;1-2-3;2*1-2/h2-6,8,10H,7,9H2,1H3;1-6H;2-3H2,1H3;1-2H3;2H2,1H3. The van der Waals surface area contributed by atoms with Gasteiger partial charge in [-0.2, -0.15) is 11.8 Å². The predicted molar refractivity (Wildman–Crippen MR) is 121 cm³/mol. The lowest BCUT2D eigenvalue weighted by Gasteiger charge is -2.06. The van der Waals surface area contributed by atoms with Crippen molar-refractivity contribution in [3.05, 3.63) is 72.3 Å². The molecule has 148 valence electrons. The van der Waals surface area contributed by atoms with Crippen molar-refractivity contribution in [1.29, 1.82) is 0 Å². The van der Waals surface area contributed by atoms with Gasteiger partial charge in [-0.05, 0) is 19.2 Å². The quantitative estimate of drug-likeness (QED) is 0.706. The Morgan fingerprint density at radius 2 is 1.27 bits per heavy atom. The predicted octanol–water partition coefficient (Wildman–Crippen LogP) is 5.15. The molecule has 2 aromatic rings. The largest absolute Gasteiger partial charge is 0.333 e. The van der Waals surface area contributed by atoms with Gasteiger partial charge in [0.15, 0.2) is 0 Å². The molecule has 1 unspecified atom stereocenters. The van der Waals surface area contributed by atoms with Gasteiger partial charge in [-0.15, -0.1) is 0 Å². The van der Waals surface area contributed by atoms with E-state index in [1.807, 2.05) is 87.1 Å². The van der Waals surface area contributed by atoms with Crippen molar-refractivity contribution in [2.24, 2.45) is 11.5 Å². The van der Waals surface area contributed by atoms with Gasteiger partial charge in [0, 0.05) is 17.4 Å². The fourth-order valence-electron chi connectivity index (χ4n) is 1.40. The average molecular weight is 379 g/mol. The Morgan fingerprint density at radius 3 is 1.62 bits per heavy atom. The van der Waals surface area contributed by atoms with Crippen molar-refractivity contribution in [2.45, 2.75) is 45.1 Å². The Morgan fingerprint density at radius 1 is 0.923 bits per heavy atom. The minimum absolute atomic E-state index is 0.428. The van der Waals surface area contributed by atoms with Crippen LogP contribution >= 0.6 is 11.8 Å². The first-order valence-corrected chi connectivity index (χ1v) is 10.2. The highest BCUT2D eigenvalue weighted by Crippen LogP contribution is 2.18. The zero-order valence-electron chi connectivity index (χ0n) is 17.1. The molecule has 4 N–H and O–H groups in total. The van der Waals surface area contributed by atoms with Gasteiger partial charge in [-0.3, -0.25) is 0 Å². The lowest BCUT2D eigenvalue weighted by molar-refractivity contribution is -0.107. The second-order valence-corrected chi connectivity index (χ2v) is 6.00. The third kappa shape index (κ3) is 24.6. The third-order valence-corrected chi connectivity index (χ3v) is 3.73. The highest BCUT2D eigenvalue weighted by Gasteiger charge is 2.01. The average Bonchev–Trinajstić information content (AvgIpc) is 2.73. The van der Waals surface area contributed by atoms with Crippen LogP contribution in [0.15, 0.2) is 66.7 Å². The molecule has 0 aliphatic heterocycles. The van der Waals surface area contributed by atoms with Crippen LogP contribution in [-0.4, -0.2) is 25.1 Å². The van der Waals surface area contributed by atoms with Crippen LogP contribution < -0.4 is 11.5 Å². The van der Waals surface area contributed by atoms with E-state index in [1.165, 1.54) is 12.6 Å². The number of thioether (sulfide) groups is 1. The minimum atomic E-state index is 0.428. The smallest absolute Gasteiger partial charge is 0.121 e. The number of nitrogens with two attached hydrogens (primary N) is 2. The van der Waals surface area contributed by atoms with Crippen LogP contribution in [0.3, 0.4) is 0 Å². The maximum atomic E-state index is 10.2. The van der Waals surface area contributed by atoms with Crippen LogP contribution in [0, 0.1) is 0 Å². The van der Waals surface area contributed by atoms with E-state index in [-0.39, 0.29) is 0 Å². The summed E-state index contributed by atoms with van der Waals surface area (Å²) in [4.78, 5) is 10.2. The molecule has 0 saturated carbocycles. The van der Waals surface area contributed by atoms with E-state index in [0.717, 1.165) is 18.6 Å². The number of hydrogen-bond donors (Lipinski definition) is 2. The molecule has 0 aliphatic rings. The fourth-order valence-corrected chi connectivity index (χ4v) is 2.29. The van der Waals surface area contributed by atoms with Gasteiger partial charge in [0.05, 0.1) is 0 Å². The van der Waals surface area contributed by atoms with E-state index >= 15 is 0 Å². The molecule has 0 amide bonds. The highest BCUT2D eigenvalue weighted by atomic mass is 32.2. The topological polar surface area (TPSA) is 69.1 Å².